The second-order valence-corrected chi connectivity index (χ2v) is 6.69. The number of nitrogens with one attached hydrogen (secondary N) is 1. The highest BCUT2D eigenvalue weighted by Crippen LogP contribution is 2.19. The first kappa shape index (κ1) is 19.1. The van der Waals surface area contributed by atoms with Crippen molar-refractivity contribution in [3.63, 3.8) is 0 Å². The van der Waals surface area contributed by atoms with E-state index in [9.17, 15) is 14.0 Å². The third-order valence-corrected chi connectivity index (χ3v) is 4.55. The van der Waals surface area contributed by atoms with Crippen molar-refractivity contribution in [1.82, 2.24) is 5.32 Å². The lowest BCUT2D eigenvalue weighted by Gasteiger charge is -2.16. The van der Waals surface area contributed by atoms with E-state index in [1.54, 1.807) is 0 Å². The first-order valence-electron chi connectivity index (χ1n) is 7.76. The zero-order chi connectivity index (χ0) is 18.6. The molecule has 0 radical (unpaired) electrons. The van der Waals surface area contributed by atoms with Gasteiger partial charge in [-0.25, -0.2) is 9.18 Å². The van der Waals surface area contributed by atoms with Gasteiger partial charge in [-0.1, -0.05) is 18.2 Å². The number of esters is 1. The van der Waals surface area contributed by atoms with Crippen molar-refractivity contribution in [3.05, 3.63) is 68.9 Å². The average Bonchev–Trinajstić information content (AvgIpc) is 2.55. The molecule has 0 saturated carbocycles. The molecule has 1 amide bonds. The minimum atomic E-state index is -0.694. The molecular weight excluding hydrogens is 389 g/mol. The second kappa shape index (κ2) is 8.25. The average molecular weight is 408 g/mol. The van der Waals surface area contributed by atoms with Crippen LogP contribution in [0.4, 0.5) is 4.39 Å². The minimum Gasteiger partial charge on any atom is -0.452 e. The molecule has 0 saturated heterocycles. The summed E-state index contributed by atoms with van der Waals surface area (Å²) in [4.78, 5) is 24.0. The van der Waals surface area contributed by atoms with Crippen LogP contribution in [0.3, 0.4) is 0 Å². The zero-order valence-corrected chi connectivity index (χ0v) is 15.8. The van der Waals surface area contributed by atoms with Gasteiger partial charge in [0.1, 0.15) is 5.82 Å². The summed E-state index contributed by atoms with van der Waals surface area (Å²) in [5, 5.41) is 2.79. The van der Waals surface area contributed by atoms with E-state index >= 15 is 0 Å². The summed E-state index contributed by atoms with van der Waals surface area (Å²) in [5.41, 5.74) is 3.47. The summed E-state index contributed by atoms with van der Waals surface area (Å²) in [6, 6.07) is 9.39. The number of hydrogen-bond donors (Lipinski definition) is 1. The molecule has 0 aromatic heterocycles. The lowest BCUT2D eigenvalue weighted by Crippen LogP contribution is -2.31. The number of benzene rings is 2. The van der Waals surface area contributed by atoms with E-state index in [4.69, 9.17) is 4.74 Å². The SMILES string of the molecule is Cc1ccc([C@H](C)NC(=O)COC(=O)c2ccc(F)cc2Br)cc1C. The van der Waals surface area contributed by atoms with Crippen LogP contribution in [0.5, 0.6) is 0 Å². The summed E-state index contributed by atoms with van der Waals surface area (Å²) in [6.45, 7) is 5.49. The summed E-state index contributed by atoms with van der Waals surface area (Å²) in [6.07, 6.45) is 0. The molecule has 0 aliphatic rings. The number of aryl methyl sites for hydroxylation is 2. The number of carbonyl (C=O) groups is 2. The van der Waals surface area contributed by atoms with Gasteiger partial charge in [-0.2, -0.15) is 0 Å². The van der Waals surface area contributed by atoms with E-state index in [-0.39, 0.29) is 16.1 Å². The van der Waals surface area contributed by atoms with E-state index in [1.807, 2.05) is 39.0 Å². The number of rotatable bonds is 5. The Kier molecular flexibility index (Phi) is 6.31. The topological polar surface area (TPSA) is 55.4 Å². The number of carbonyl (C=O) groups excluding carboxylic acids is 2. The lowest BCUT2D eigenvalue weighted by atomic mass is 10.0. The molecule has 0 fully saturated rings. The standard InChI is InChI=1S/C19H19BrFNO3/c1-11-4-5-14(8-12(11)2)13(3)22-18(23)10-25-19(24)16-7-6-15(21)9-17(16)20/h4-9,13H,10H2,1-3H3,(H,22,23)/t13-/m0/s1. The van der Waals surface area contributed by atoms with Gasteiger partial charge in [-0.05, 0) is 71.6 Å². The van der Waals surface area contributed by atoms with Crippen LogP contribution in [-0.4, -0.2) is 18.5 Å². The van der Waals surface area contributed by atoms with Crippen LogP contribution in [0.25, 0.3) is 0 Å². The van der Waals surface area contributed by atoms with Crippen LogP contribution in [0.1, 0.15) is 40.0 Å². The van der Waals surface area contributed by atoms with Crippen LogP contribution in [0.15, 0.2) is 40.9 Å². The minimum absolute atomic E-state index is 0.163. The number of hydrogen-bond acceptors (Lipinski definition) is 3. The van der Waals surface area contributed by atoms with E-state index in [0.29, 0.717) is 0 Å². The van der Waals surface area contributed by atoms with Crippen molar-refractivity contribution >= 4 is 27.8 Å². The fourth-order valence-corrected chi connectivity index (χ4v) is 2.78. The van der Waals surface area contributed by atoms with E-state index in [2.05, 4.69) is 21.2 Å². The van der Waals surface area contributed by atoms with Crippen LogP contribution >= 0.6 is 15.9 Å². The van der Waals surface area contributed by atoms with Gasteiger partial charge in [0.05, 0.1) is 11.6 Å². The van der Waals surface area contributed by atoms with Crippen LogP contribution < -0.4 is 5.32 Å². The molecular formula is C19H19BrFNO3. The maximum Gasteiger partial charge on any atom is 0.339 e. The van der Waals surface area contributed by atoms with E-state index < -0.39 is 24.3 Å². The van der Waals surface area contributed by atoms with Crippen molar-refractivity contribution in [1.29, 1.82) is 0 Å². The Morgan fingerprint density at radius 1 is 1.16 bits per heavy atom. The maximum absolute atomic E-state index is 13.0. The molecule has 0 aliphatic heterocycles. The molecule has 6 heteroatoms. The Hall–Kier alpha value is -2.21. The third-order valence-electron chi connectivity index (χ3n) is 3.89. The Balaban J connectivity index is 1.91. The molecule has 0 spiro atoms. The van der Waals surface area contributed by atoms with Crippen LogP contribution in [0, 0.1) is 19.7 Å². The maximum atomic E-state index is 13.0. The Bertz CT molecular complexity index is 807. The summed E-state index contributed by atoms with van der Waals surface area (Å²) in [7, 11) is 0. The summed E-state index contributed by atoms with van der Waals surface area (Å²) >= 11 is 3.10. The summed E-state index contributed by atoms with van der Waals surface area (Å²) < 4.78 is 18.3. The zero-order valence-electron chi connectivity index (χ0n) is 14.2. The van der Waals surface area contributed by atoms with Gasteiger partial charge in [-0.3, -0.25) is 4.79 Å². The number of ether oxygens (including phenoxy) is 1. The van der Waals surface area contributed by atoms with Gasteiger partial charge in [0, 0.05) is 4.47 Å². The van der Waals surface area contributed by atoms with Gasteiger partial charge >= 0.3 is 5.97 Å². The molecule has 1 atom stereocenters. The third kappa shape index (κ3) is 5.13. The molecule has 132 valence electrons. The molecule has 2 rings (SSSR count). The molecule has 25 heavy (non-hydrogen) atoms. The number of halogens is 2. The van der Waals surface area contributed by atoms with Crippen molar-refractivity contribution in [2.24, 2.45) is 0 Å². The highest BCUT2D eigenvalue weighted by molar-refractivity contribution is 9.10. The normalized spacial score (nSPS) is 11.7. The fourth-order valence-electron chi connectivity index (χ4n) is 2.26. The van der Waals surface area contributed by atoms with E-state index in [1.165, 1.54) is 17.7 Å². The molecule has 0 heterocycles. The van der Waals surface area contributed by atoms with Crippen molar-refractivity contribution in [2.45, 2.75) is 26.8 Å². The Morgan fingerprint density at radius 3 is 2.52 bits per heavy atom. The highest BCUT2D eigenvalue weighted by atomic mass is 79.9. The van der Waals surface area contributed by atoms with E-state index in [0.717, 1.165) is 17.2 Å². The predicted molar refractivity (Wildman–Crippen MR) is 96.9 cm³/mol. The Morgan fingerprint density at radius 2 is 1.88 bits per heavy atom. The smallest absolute Gasteiger partial charge is 0.339 e. The van der Waals surface area contributed by atoms with Gasteiger partial charge in [0.15, 0.2) is 6.61 Å². The van der Waals surface area contributed by atoms with Crippen molar-refractivity contribution in [2.75, 3.05) is 6.61 Å². The highest BCUT2D eigenvalue weighted by Gasteiger charge is 2.16. The monoisotopic (exact) mass is 407 g/mol. The fraction of sp³-hybridized carbons (Fsp3) is 0.263. The van der Waals surface area contributed by atoms with Gasteiger partial charge in [-0.15, -0.1) is 0 Å². The molecule has 1 N–H and O–H groups in total. The van der Waals surface area contributed by atoms with Crippen LogP contribution in [0.2, 0.25) is 0 Å². The largest absolute Gasteiger partial charge is 0.452 e. The number of amides is 1. The molecule has 4 nitrogen and oxygen atoms in total. The quantitative estimate of drug-likeness (QED) is 0.754. The molecule has 2 aromatic carbocycles. The second-order valence-electron chi connectivity index (χ2n) is 5.83. The van der Waals surface area contributed by atoms with Crippen LogP contribution in [-0.2, 0) is 9.53 Å². The molecule has 2 aromatic rings. The molecule has 0 bridgehead atoms. The summed E-state index contributed by atoms with van der Waals surface area (Å²) in [5.74, 6) is -1.57. The molecule has 0 unspecified atom stereocenters. The first-order chi connectivity index (χ1) is 11.8. The first-order valence-corrected chi connectivity index (χ1v) is 8.56. The van der Waals surface area contributed by atoms with Crippen molar-refractivity contribution < 1.29 is 18.7 Å². The lowest BCUT2D eigenvalue weighted by molar-refractivity contribution is -0.124. The molecule has 0 aliphatic carbocycles. The Labute approximate surface area is 154 Å². The van der Waals surface area contributed by atoms with Crippen molar-refractivity contribution in [3.8, 4) is 0 Å². The van der Waals surface area contributed by atoms with Gasteiger partial charge in [0.25, 0.3) is 5.91 Å². The van der Waals surface area contributed by atoms with Gasteiger partial charge < -0.3 is 10.1 Å². The van der Waals surface area contributed by atoms with Gasteiger partial charge in [0.2, 0.25) is 0 Å². The predicted octanol–water partition coefficient (Wildman–Crippen LogP) is 4.24.